The van der Waals surface area contributed by atoms with E-state index in [0.29, 0.717) is 11.1 Å². The van der Waals surface area contributed by atoms with Crippen molar-refractivity contribution in [2.75, 3.05) is 5.32 Å². The molecule has 1 atom stereocenters. The molecule has 0 aromatic heterocycles. The Hall–Kier alpha value is -2.95. The lowest BCUT2D eigenvalue weighted by atomic mass is 9.92. The number of carbonyl (C=O) groups is 3. The van der Waals surface area contributed by atoms with Gasteiger partial charge in [0.1, 0.15) is 6.04 Å². The molecule has 2 aromatic rings. The van der Waals surface area contributed by atoms with Crippen LogP contribution in [0.4, 0.5) is 5.69 Å². The lowest BCUT2D eigenvalue weighted by molar-refractivity contribution is -0.119. The van der Waals surface area contributed by atoms with Gasteiger partial charge in [-0.3, -0.25) is 19.3 Å². The third kappa shape index (κ3) is 3.33. The number of amides is 3. The maximum Gasteiger partial charge on any atom is 0.262 e. The van der Waals surface area contributed by atoms with Crippen LogP contribution >= 0.6 is 0 Å². The summed E-state index contributed by atoms with van der Waals surface area (Å²) in [5.41, 5.74) is 3.54. The minimum Gasteiger partial charge on any atom is -0.324 e. The van der Waals surface area contributed by atoms with E-state index in [-0.39, 0.29) is 17.7 Å². The molecule has 28 heavy (non-hydrogen) atoms. The zero-order valence-corrected chi connectivity index (χ0v) is 16.9. The fourth-order valence-electron chi connectivity index (χ4n) is 3.60. The summed E-state index contributed by atoms with van der Waals surface area (Å²) in [4.78, 5) is 39.4. The Morgan fingerprint density at radius 1 is 0.786 bits per heavy atom. The largest absolute Gasteiger partial charge is 0.324 e. The van der Waals surface area contributed by atoms with Gasteiger partial charge < -0.3 is 5.32 Å². The van der Waals surface area contributed by atoms with Crippen LogP contribution in [0, 0.1) is 0 Å². The van der Waals surface area contributed by atoms with E-state index in [4.69, 9.17) is 0 Å². The van der Waals surface area contributed by atoms with Gasteiger partial charge in [0.15, 0.2) is 0 Å². The molecule has 0 saturated heterocycles. The van der Waals surface area contributed by atoms with Gasteiger partial charge in [0.05, 0.1) is 11.1 Å². The Balaban J connectivity index is 1.91. The van der Waals surface area contributed by atoms with Gasteiger partial charge >= 0.3 is 0 Å². The number of anilines is 1. The van der Waals surface area contributed by atoms with Crippen LogP contribution < -0.4 is 5.32 Å². The first-order valence-electron chi connectivity index (χ1n) is 9.64. The molecule has 0 bridgehead atoms. The van der Waals surface area contributed by atoms with Gasteiger partial charge in [0.2, 0.25) is 5.91 Å². The molecule has 0 fully saturated rings. The summed E-state index contributed by atoms with van der Waals surface area (Å²) in [6.07, 6.45) is 0. The highest BCUT2D eigenvalue weighted by molar-refractivity contribution is 6.23. The lowest BCUT2D eigenvalue weighted by Crippen LogP contribution is -2.45. The number of nitrogens with zero attached hydrogens (tertiary/aromatic N) is 1. The Morgan fingerprint density at radius 3 is 1.68 bits per heavy atom. The minimum atomic E-state index is -0.910. The fourth-order valence-corrected chi connectivity index (χ4v) is 3.60. The average Bonchev–Trinajstić information content (AvgIpc) is 2.92. The molecule has 0 radical (unpaired) electrons. The van der Waals surface area contributed by atoms with Crippen molar-refractivity contribution in [3.8, 4) is 0 Å². The third-order valence-electron chi connectivity index (χ3n) is 5.21. The maximum absolute atomic E-state index is 13.0. The number of para-hydroxylation sites is 1. The van der Waals surface area contributed by atoms with E-state index >= 15 is 0 Å². The van der Waals surface area contributed by atoms with Crippen LogP contribution in [0.1, 0.15) is 78.3 Å². The van der Waals surface area contributed by atoms with Crippen molar-refractivity contribution >= 4 is 23.4 Å². The van der Waals surface area contributed by atoms with E-state index in [1.54, 1.807) is 31.2 Å². The first kappa shape index (κ1) is 19.8. The molecule has 1 N–H and O–H groups in total. The predicted molar refractivity (Wildman–Crippen MR) is 110 cm³/mol. The number of benzene rings is 2. The van der Waals surface area contributed by atoms with Crippen molar-refractivity contribution < 1.29 is 14.4 Å². The van der Waals surface area contributed by atoms with E-state index in [2.05, 4.69) is 33.0 Å². The summed E-state index contributed by atoms with van der Waals surface area (Å²) in [5, 5.41) is 3.00. The quantitative estimate of drug-likeness (QED) is 0.776. The summed E-state index contributed by atoms with van der Waals surface area (Å²) < 4.78 is 0. The Kier molecular flexibility index (Phi) is 5.36. The Labute approximate surface area is 165 Å². The monoisotopic (exact) mass is 378 g/mol. The van der Waals surface area contributed by atoms with E-state index in [1.807, 2.05) is 18.2 Å². The number of fused-ring (bicyclic) bond motifs is 1. The van der Waals surface area contributed by atoms with E-state index < -0.39 is 17.9 Å². The topological polar surface area (TPSA) is 66.5 Å². The molecule has 1 aliphatic rings. The third-order valence-corrected chi connectivity index (χ3v) is 5.21. The van der Waals surface area contributed by atoms with Gasteiger partial charge in [-0.25, -0.2) is 0 Å². The van der Waals surface area contributed by atoms with Crippen LogP contribution in [0.15, 0.2) is 42.5 Å². The maximum atomic E-state index is 13.0. The molecule has 3 rings (SSSR count). The van der Waals surface area contributed by atoms with Crippen LogP contribution in [0.5, 0.6) is 0 Å². The van der Waals surface area contributed by atoms with Crippen LogP contribution in [-0.4, -0.2) is 28.7 Å². The molecule has 0 spiro atoms. The van der Waals surface area contributed by atoms with Crippen LogP contribution in [0.3, 0.4) is 0 Å². The van der Waals surface area contributed by atoms with Crippen molar-refractivity contribution in [2.45, 2.75) is 52.5 Å². The zero-order chi connectivity index (χ0) is 20.6. The first-order chi connectivity index (χ1) is 13.2. The molecule has 0 aliphatic carbocycles. The smallest absolute Gasteiger partial charge is 0.262 e. The van der Waals surface area contributed by atoms with E-state index in [9.17, 15) is 14.4 Å². The molecule has 3 amide bonds. The van der Waals surface area contributed by atoms with Crippen molar-refractivity contribution in [2.24, 2.45) is 0 Å². The average molecular weight is 378 g/mol. The van der Waals surface area contributed by atoms with Crippen LogP contribution in [0.25, 0.3) is 0 Å². The number of hydrogen-bond donors (Lipinski definition) is 1. The van der Waals surface area contributed by atoms with Gasteiger partial charge in [-0.15, -0.1) is 0 Å². The lowest BCUT2D eigenvalue weighted by Gasteiger charge is -2.25. The normalized spacial score (nSPS) is 14.6. The minimum absolute atomic E-state index is 0.226. The molecular weight excluding hydrogens is 352 g/mol. The molecular formula is C23H26N2O3. The van der Waals surface area contributed by atoms with Gasteiger partial charge in [-0.05, 0) is 42.0 Å². The molecule has 0 unspecified atom stereocenters. The predicted octanol–water partition coefficient (Wildman–Crippen LogP) is 4.56. The molecule has 1 heterocycles. The fraction of sp³-hybridized carbons (Fsp3) is 0.348. The van der Waals surface area contributed by atoms with Gasteiger partial charge in [-0.2, -0.15) is 0 Å². The number of rotatable bonds is 5. The highest BCUT2D eigenvalue weighted by Gasteiger charge is 2.40. The van der Waals surface area contributed by atoms with Crippen molar-refractivity contribution in [1.29, 1.82) is 0 Å². The number of imide groups is 1. The summed E-state index contributed by atoms with van der Waals surface area (Å²) in [5.74, 6) is -0.773. The molecule has 5 nitrogen and oxygen atoms in total. The molecule has 2 aromatic carbocycles. The number of nitrogens with one attached hydrogen (secondary N) is 1. The van der Waals surface area contributed by atoms with Crippen molar-refractivity contribution in [3.63, 3.8) is 0 Å². The molecule has 146 valence electrons. The summed E-state index contributed by atoms with van der Waals surface area (Å²) in [6.45, 7) is 9.88. The second-order valence-electron chi connectivity index (χ2n) is 7.81. The summed E-state index contributed by atoms with van der Waals surface area (Å²) >= 11 is 0. The SMILES string of the molecule is CC(C)c1cccc(C(C)C)c1NC(=O)[C@H](C)N1C(=O)c2ccccc2C1=O. The summed E-state index contributed by atoms with van der Waals surface area (Å²) in [6, 6.07) is 11.7. The summed E-state index contributed by atoms with van der Waals surface area (Å²) in [7, 11) is 0. The van der Waals surface area contributed by atoms with Gasteiger partial charge in [-0.1, -0.05) is 58.0 Å². The standard InChI is InChI=1S/C23H26N2O3/c1-13(2)16-11-8-12-17(14(3)4)20(16)24-21(26)15(5)25-22(27)18-9-6-7-10-19(18)23(25)28/h6-15H,1-5H3,(H,24,26)/t15-/m0/s1. The van der Waals surface area contributed by atoms with E-state index in [1.165, 1.54) is 0 Å². The Morgan fingerprint density at radius 2 is 1.25 bits per heavy atom. The van der Waals surface area contributed by atoms with E-state index in [0.717, 1.165) is 21.7 Å². The molecule has 0 saturated carbocycles. The molecule has 5 heteroatoms. The second kappa shape index (κ2) is 7.58. The number of carbonyl (C=O) groups excluding carboxylic acids is 3. The highest BCUT2D eigenvalue weighted by atomic mass is 16.2. The van der Waals surface area contributed by atoms with Gasteiger partial charge in [0, 0.05) is 5.69 Å². The highest BCUT2D eigenvalue weighted by Crippen LogP contribution is 2.33. The first-order valence-corrected chi connectivity index (χ1v) is 9.64. The Bertz CT molecular complexity index is 885. The van der Waals surface area contributed by atoms with Crippen molar-refractivity contribution in [3.05, 3.63) is 64.7 Å². The molecule has 1 aliphatic heterocycles. The zero-order valence-electron chi connectivity index (χ0n) is 16.9. The van der Waals surface area contributed by atoms with Crippen LogP contribution in [0.2, 0.25) is 0 Å². The van der Waals surface area contributed by atoms with Crippen molar-refractivity contribution in [1.82, 2.24) is 4.90 Å². The van der Waals surface area contributed by atoms with Gasteiger partial charge in [0.25, 0.3) is 11.8 Å². The number of hydrogen-bond acceptors (Lipinski definition) is 3. The van der Waals surface area contributed by atoms with Crippen LogP contribution in [-0.2, 0) is 4.79 Å². The second-order valence-corrected chi connectivity index (χ2v) is 7.81.